The van der Waals surface area contributed by atoms with Crippen LogP contribution in [-0.2, 0) is 17.9 Å². The van der Waals surface area contributed by atoms with Crippen molar-refractivity contribution in [2.75, 3.05) is 20.8 Å². The monoisotopic (exact) mass is 408 g/mol. The van der Waals surface area contributed by atoms with E-state index in [2.05, 4.69) is 0 Å². The zero-order valence-corrected chi connectivity index (χ0v) is 16.7. The largest absolute Gasteiger partial charge is 0.493 e. The second-order valence-electron chi connectivity index (χ2n) is 6.84. The van der Waals surface area contributed by atoms with Gasteiger partial charge in [-0.2, -0.15) is 0 Å². The Morgan fingerprint density at radius 2 is 1.87 bits per heavy atom. The SMILES string of the molecule is COc1ccc(-c2ccc3c(n2)CN(Cc2ccccc2F)C(=O)CO3)cc1OC. The number of amides is 1. The van der Waals surface area contributed by atoms with Crippen molar-refractivity contribution in [2.45, 2.75) is 13.1 Å². The fraction of sp³-hybridized carbons (Fsp3) is 0.217. The Morgan fingerprint density at radius 3 is 2.63 bits per heavy atom. The van der Waals surface area contributed by atoms with Gasteiger partial charge >= 0.3 is 0 Å². The van der Waals surface area contributed by atoms with Gasteiger partial charge in [-0.1, -0.05) is 18.2 Å². The topological polar surface area (TPSA) is 60.9 Å². The van der Waals surface area contributed by atoms with Crippen molar-refractivity contribution in [3.8, 4) is 28.5 Å². The number of aromatic nitrogens is 1. The van der Waals surface area contributed by atoms with Gasteiger partial charge in [0.1, 0.15) is 17.3 Å². The van der Waals surface area contributed by atoms with Gasteiger partial charge in [-0.25, -0.2) is 9.37 Å². The van der Waals surface area contributed by atoms with Crippen LogP contribution in [0.25, 0.3) is 11.3 Å². The molecule has 0 atom stereocenters. The van der Waals surface area contributed by atoms with E-state index in [1.165, 1.54) is 6.07 Å². The Bertz CT molecular complexity index is 1090. The Balaban J connectivity index is 1.65. The molecular formula is C23H21FN2O4. The van der Waals surface area contributed by atoms with E-state index in [1.54, 1.807) is 43.4 Å². The lowest BCUT2D eigenvalue weighted by Gasteiger charge is -2.20. The van der Waals surface area contributed by atoms with Crippen LogP contribution >= 0.6 is 0 Å². The number of methoxy groups -OCH3 is 2. The number of hydrogen-bond donors (Lipinski definition) is 0. The van der Waals surface area contributed by atoms with Crippen LogP contribution in [0.15, 0.2) is 54.6 Å². The Hall–Kier alpha value is -3.61. The number of benzene rings is 2. The van der Waals surface area contributed by atoms with Crippen LogP contribution in [-0.4, -0.2) is 36.6 Å². The first-order valence-electron chi connectivity index (χ1n) is 9.45. The van der Waals surface area contributed by atoms with Crippen LogP contribution in [0, 0.1) is 5.82 Å². The number of carbonyl (C=O) groups excluding carboxylic acids is 1. The Morgan fingerprint density at radius 1 is 1.07 bits per heavy atom. The third-order valence-electron chi connectivity index (χ3n) is 4.98. The van der Waals surface area contributed by atoms with E-state index in [9.17, 15) is 9.18 Å². The van der Waals surface area contributed by atoms with Gasteiger partial charge in [0.2, 0.25) is 0 Å². The molecule has 0 N–H and O–H groups in total. The molecule has 0 aliphatic carbocycles. The van der Waals surface area contributed by atoms with Crippen molar-refractivity contribution in [2.24, 2.45) is 0 Å². The first-order chi connectivity index (χ1) is 14.6. The summed E-state index contributed by atoms with van der Waals surface area (Å²) in [5.74, 6) is 1.20. The minimum Gasteiger partial charge on any atom is -0.493 e. The van der Waals surface area contributed by atoms with Gasteiger partial charge in [0.15, 0.2) is 18.1 Å². The maximum atomic E-state index is 14.1. The molecule has 1 amide bonds. The van der Waals surface area contributed by atoms with Gasteiger partial charge < -0.3 is 19.1 Å². The van der Waals surface area contributed by atoms with Crippen LogP contribution in [0.2, 0.25) is 0 Å². The van der Waals surface area contributed by atoms with E-state index in [4.69, 9.17) is 19.2 Å². The lowest BCUT2D eigenvalue weighted by atomic mass is 10.1. The number of hydrogen-bond acceptors (Lipinski definition) is 5. The molecule has 1 aliphatic rings. The number of ether oxygens (including phenoxy) is 3. The van der Waals surface area contributed by atoms with Crippen molar-refractivity contribution >= 4 is 5.91 Å². The fourth-order valence-corrected chi connectivity index (χ4v) is 3.37. The normalized spacial score (nSPS) is 13.3. The number of halogens is 1. The molecule has 3 aromatic rings. The molecule has 0 radical (unpaired) electrons. The van der Waals surface area contributed by atoms with Crippen molar-refractivity contribution < 1.29 is 23.4 Å². The van der Waals surface area contributed by atoms with Gasteiger partial charge in [-0.15, -0.1) is 0 Å². The summed E-state index contributed by atoms with van der Waals surface area (Å²) in [6.45, 7) is 0.263. The fourth-order valence-electron chi connectivity index (χ4n) is 3.37. The maximum absolute atomic E-state index is 14.1. The highest BCUT2D eigenvalue weighted by Crippen LogP contribution is 2.33. The van der Waals surface area contributed by atoms with Crippen LogP contribution < -0.4 is 14.2 Å². The predicted octanol–water partition coefficient (Wildman–Crippen LogP) is 3.83. The molecule has 1 aliphatic heterocycles. The summed E-state index contributed by atoms with van der Waals surface area (Å²) < 4.78 is 30.4. The molecule has 2 heterocycles. The van der Waals surface area contributed by atoms with E-state index < -0.39 is 0 Å². The average molecular weight is 408 g/mol. The van der Waals surface area contributed by atoms with Gasteiger partial charge in [-0.3, -0.25) is 4.79 Å². The van der Waals surface area contributed by atoms with Gasteiger partial charge in [0.05, 0.1) is 26.5 Å². The number of carbonyl (C=O) groups is 1. The number of nitrogens with zero attached hydrogens (tertiary/aromatic N) is 2. The third-order valence-corrected chi connectivity index (χ3v) is 4.98. The molecule has 2 aromatic carbocycles. The number of fused-ring (bicyclic) bond motifs is 1. The summed E-state index contributed by atoms with van der Waals surface area (Å²) in [5.41, 5.74) is 2.61. The summed E-state index contributed by atoms with van der Waals surface area (Å²) in [5, 5.41) is 0. The zero-order chi connectivity index (χ0) is 21.1. The van der Waals surface area contributed by atoms with Gasteiger partial charge in [-0.05, 0) is 36.4 Å². The second kappa shape index (κ2) is 8.41. The molecule has 30 heavy (non-hydrogen) atoms. The van der Waals surface area contributed by atoms with E-state index in [0.717, 1.165) is 5.56 Å². The second-order valence-corrected chi connectivity index (χ2v) is 6.84. The highest BCUT2D eigenvalue weighted by atomic mass is 19.1. The molecule has 4 rings (SSSR count). The first-order valence-corrected chi connectivity index (χ1v) is 9.45. The summed E-state index contributed by atoms with van der Waals surface area (Å²) in [7, 11) is 3.16. The molecule has 1 aromatic heterocycles. The van der Waals surface area contributed by atoms with Crippen molar-refractivity contribution in [1.82, 2.24) is 9.88 Å². The molecule has 7 heteroatoms. The predicted molar refractivity (Wildman–Crippen MR) is 109 cm³/mol. The highest BCUT2D eigenvalue weighted by molar-refractivity contribution is 5.78. The maximum Gasteiger partial charge on any atom is 0.261 e. The van der Waals surface area contributed by atoms with Crippen LogP contribution in [0.1, 0.15) is 11.3 Å². The van der Waals surface area contributed by atoms with Crippen molar-refractivity contribution in [1.29, 1.82) is 0 Å². The molecule has 0 saturated heterocycles. The Labute approximate surface area is 173 Å². The summed E-state index contributed by atoms with van der Waals surface area (Å²) >= 11 is 0. The minimum absolute atomic E-state index is 0.112. The molecule has 0 bridgehead atoms. The molecule has 0 saturated carbocycles. The van der Waals surface area contributed by atoms with E-state index in [-0.39, 0.29) is 31.4 Å². The average Bonchev–Trinajstić information content (AvgIpc) is 2.93. The lowest BCUT2D eigenvalue weighted by Crippen LogP contribution is -2.32. The van der Waals surface area contributed by atoms with Gasteiger partial charge in [0.25, 0.3) is 5.91 Å². The molecule has 0 fully saturated rings. The van der Waals surface area contributed by atoms with E-state index in [1.807, 2.05) is 24.3 Å². The van der Waals surface area contributed by atoms with E-state index >= 15 is 0 Å². The number of rotatable bonds is 5. The smallest absolute Gasteiger partial charge is 0.261 e. The standard InChI is InChI=1S/C23H21FN2O4/c1-28-21-9-7-15(11-22(21)29-2)18-8-10-20-19(25-18)13-26(23(27)14-30-20)12-16-5-3-4-6-17(16)24/h3-11H,12-14H2,1-2H3. The quantitative estimate of drug-likeness (QED) is 0.642. The molecular weight excluding hydrogens is 387 g/mol. The summed E-state index contributed by atoms with van der Waals surface area (Å²) in [6.07, 6.45) is 0. The number of pyridine rings is 1. The first kappa shape index (κ1) is 19.7. The minimum atomic E-state index is -0.345. The molecule has 0 spiro atoms. The lowest BCUT2D eigenvalue weighted by molar-refractivity contribution is -0.133. The zero-order valence-electron chi connectivity index (χ0n) is 16.7. The van der Waals surface area contributed by atoms with E-state index in [0.29, 0.717) is 34.2 Å². The summed E-state index contributed by atoms with van der Waals surface area (Å²) in [6, 6.07) is 15.6. The van der Waals surface area contributed by atoms with Crippen molar-refractivity contribution in [3.05, 3.63) is 71.7 Å². The third kappa shape index (κ3) is 3.91. The van der Waals surface area contributed by atoms with Crippen LogP contribution in [0.3, 0.4) is 0 Å². The molecule has 6 nitrogen and oxygen atoms in total. The van der Waals surface area contributed by atoms with Crippen LogP contribution in [0.5, 0.6) is 17.2 Å². The van der Waals surface area contributed by atoms with Crippen LogP contribution in [0.4, 0.5) is 4.39 Å². The van der Waals surface area contributed by atoms with Crippen molar-refractivity contribution in [3.63, 3.8) is 0 Å². The highest BCUT2D eigenvalue weighted by Gasteiger charge is 2.24. The molecule has 0 unspecified atom stereocenters. The van der Waals surface area contributed by atoms with Gasteiger partial charge in [0, 0.05) is 17.7 Å². The Kier molecular flexibility index (Phi) is 5.52. The molecule has 154 valence electrons. The summed E-state index contributed by atoms with van der Waals surface area (Å²) in [4.78, 5) is 18.8.